The molecule has 0 N–H and O–H groups in total. The van der Waals surface area contributed by atoms with Gasteiger partial charge in [-0.1, -0.05) is 41.4 Å². The molecule has 3 rings (SSSR count). The summed E-state index contributed by atoms with van der Waals surface area (Å²) in [6, 6.07) is 11.8. The van der Waals surface area contributed by atoms with Gasteiger partial charge in [0, 0.05) is 13.1 Å². The summed E-state index contributed by atoms with van der Waals surface area (Å²) >= 11 is 12.1. The molecule has 0 aromatic heterocycles. The Balaban J connectivity index is 1.76. The second kappa shape index (κ2) is 7.93. The van der Waals surface area contributed by atoms with Gasteiger partial charge in [0.25, 0.3) is 0 Å². The lowest BCUT2D eigenvalue weighted by atomic mass is 10.2. The summed E-state index contributed by atoms with van der Waals surface area (Å²) in [4.78, 5) is 0.243. The molecule has 1 saturated heterocycles. The van der Waals surface area contributed by atoms with Crippen LogP contribution in [0.2, 0.25) is 10.0 Å². The number of benzene rings is 2. The van der Waals surface area contributed by atoms with E-state index in [9.17, 15) is 8.42 Å². The Morgan fingerprint density at radius 1 is 1.08 bits per heavy atom. The summed E-state index contributed by atoms with van der Waals surface area (Å²) < 4.78 is 37.7. The first-order valence-corrected chi connectivity index (χ1v) is 9.92. The van der Waals surface area contributed by atoms with E-state index in [4.69, 9.17) is 32.7 Å². The largest absolute Gasteiger partial charge is 0.487 e. The Bertz CT molecular complexity index is 851. The molecular formula is C17H17Cl2NO4S. The molecule has 0 atom stereocenters. The van der Waals surface area contributed by atoms with Crippen LogP contribution in [0.3, 0.4) is 0 Å². The van der Waals surface area contributed by atoms with Gasteiger partial charge in [0.2, 0.25) is 10.0 Å². The van der Waals surface area contributed by atoms with Gasteiger partial charge in [-0.15, -0.1) is 0 Å². The van der Waals surface area contributed by atoms with Gasteiger partial charge < -0.3 is 9.47 Å². The lowest BCUT2D eigenvalue weighted by Crippen LogP contribution is -2.40. The van der Waals surface area contributed by atoms with Crippen molar-refractivity contribution in [3.05, 3.63) is 58.1 Å². The highest BCUT2D eigenvalue weighted by molar-refractivity contribution is 7.89. The van der Waals surface area contributed by atoms with E-state index < -0.39 is 10.0 Å². The molecule has 25 heavy (non-hydrogen) atoms. The summed E-state index contributed by atoms with van der Waals surface area (Å²) in [5.41, 5.74) is 0.727. The summed E-state index contributed by atoms with van der Waals surface area (Å²) in [5.74, 6) is 0.454. The molecule has 0 radical (unpaired) electrons. The van der Waals surface area contributed by atoms with Crippen molar-refractivity contribution in [1.29, 1.82) is 0 Å². The molecule has 0 aliphatic carbocycles. The van der Waals surface area contributed by atoms with Gasteiger partial charge in [-0.25, -0.2) is 8.42 Å². The Labute approximate surface area is 157 Å². The molecule has 1 aliphatic rings. The van der Waals surface area contributed by atoms with E-state index in [2.05, 4.69) is 0 Å². The van der Waals surface area contributed by atoms with Crippen LogP contribution in [0.15, 0.2) is 47.4 Å². The molecule has 5 nitrogen and oxygen atoms in total. The van der Waals surface area contributed by atoms with Gasteiger partial charge in [0.05, 0.1) is 23.1 Å². The fraction of sp³-hybridized carbons (Fsp3) is 0.294. The normalized spacial score (nSPS) is 15.9. The Hall–Kier alpha value is -1.31. The average molecular weight is 402 g/mol. The van der Waals surface area contributed by atoms with Crippen molar-refractivity contribution < 1.29 is 17.9 Å². The highest BCUT2D eigenvalue weighted by Gasteiger charge is 2.26. The zero-order chi connectivity index (χ0) is 17.9. The van der Waals surface area contributed by atoms with Crippen LogP contribution >= 0.6 is 23.2 Å². The van der Waals surface area contributed by atoms with Crippen LogP contribution in [-0.2, 0) is 21.4 Å². The van der Waals surface area contributed by atoms with Crippen molar-refractivity contribution in [2.45, 2.75) is 11.5 Å². The highest BCUT2D eigenvalue weighted by Crippen LogP contribution is 2.32. The fourth-order valence-corrected chi connectivity index (χ4v) is 4.31. The van der Waals surface area contributed by atoms with Gasteiger partial charge in [0.15, 0.2) is 0 Å². The van der Waals surface area contributed by atoms with Crippen LogP contribution in [0.4, 0.5) is 0 Å². The predicted octanol–water partition coefficient (Wildman–Crippen LogP) is 3.59. The Morgan fingerprint density at radius 3 is 2.56 bits per heavy atom. The number of halogens is 2. The summed E-state index contributed by atoms with van der Waals surface area (Å²) in [6.45, 7) is 1.74. The quantitative estimate of drug-likeness (QED) is 0.767. The van der Waals surface area contributed by atoms with Crippen molar-refractivity contribution >= 4 is 33.2 Å². The van der Waals surface area contributed by atoms with E-state index in [-0.39, 0.29) is 11.5 Å². The van der Waals surface area contributed by atoms with Gasteiger partial charge in [-0.2, -0.15) is 4.31 Å². The molecular weight excluding hydrogens is 385 g/mol. The maximum absolute atomic E-state index is 12.7. The summed E-state index contributed by atoms with van der Waals surface area (Å²) in [5, 5.41) is 0.740. The second-order valence-electron chi connectivity index (χ2n) is 5.50. The first kappa shape index (κ1) is 18.5. The molecule has 1 fully saturated rings. The molecule has 2 aromatic carbocycles. The third-order valence-electron chi connectivity index (χ3n) is 3.82. The minimum absolute atomic E-state index is 0.187. The third kappa shape index (κ3) is 4.27. The smallest absolute Gasteiger partial charge is 0.243 e. The molecule has 8 heteroatoms. The number of rotatable bonds is 5. The third-order valence-corrected chi connectivity index (χ3v) is 6.51. The monoisotopic (exact) mass is 401 g/mol. The number of ether oxygens (including phenoxy) is 2. The summed E-state index contributed by atoms with van der Waals surface area (Å²) in [6.07, 6.45) is 0. The molecule has 0 spiro atoms. The molecule has 1 aliphatic heterocycles. The van der Waals surface area contributed by atoms with E-state index in [1.165, 1.54) is 4.31 Å². The highest BCUT2D eigenvalue weighted by atomic mass is 35.5. The fourth-order valence-electron chi connectivity index (χ4n) is 2.49. The first-order chi connectivity index (χ1) is 12.0. The lowest BCUT2D eigenvalue weighted by Gasteiger charge is -2.26. The molecule has 1 heterocycles. The number of sulfonamides is 1. The van der Waals surface area contributed by atoms with Crippen LogP contribution in [0.1, 0.15) is 5.56 Å². The first-order valence-electron chi connectivity index (χ1n) is 7.72. The number of nitrogens with zero attached hydrogens (tertiary/aromatic N) is 1. The van der Waals surface area contributed by atoms with Crippen molar-refractivity contribution in [1.82, 2.24) is 4.31 Å². The zero-order valence-electron chi connectivity index (χ0n) is 13.3. The van der Waals surface area contributed by atoms with Crippen LogP contribution < -0.4 is 4.74 Å². The van der Waals surface area contributed by atoms with Gasteiger partial charge >= 0.3 is 0 Å². The van der Waals surface area contributed by atoms with Crippen molar-refractivity contribution in [3.63, 3.8) is 0 Å². The van der Waals surface area contributed by atoms with Gasteiger partial charge in [-0.05, 0) is 29.8 Å². The van der Waals surface area contributed by atoms with Crippen molar-refractivity contribution in [2.75, 3.05) is 26.3 Å². The average Bonchev–Trinajstić information content (AvgIpc) is 2.64. The van der Waals surface area contributed by atoms with Gasteiger partial charge in [0.1, 0.15) is 17.4 Å². The van der Waals surface area contributed by atoms with Crippen molar-refractivity contribution in [2.24, 2.45) is 0 Å². The zero-order valence-corrected chi connectivity index (χ0v) is 15.6. The predicted molar refractivity (Wildman–Crippen MR) is 96.8 cm³/mol. The van der Waals surface area contributed by atoms with Crippen molar-refractivity contribution in [3.8, 4) is 5.75 Å². The molecule has 0 saturated carbocycles. The van der Waals surface area contributed by atoms with Crippen LogP contribution in [0.25, 0.3) is 0 Å². The SMILES string of the molecule is O=S(=O)(c1cccc(COc2cccc(Cl)c2Cl)c1)N1CCOCC1. The van der Waals surface area contributed by atoms with Gasteiger partial charge in [-0.3, -0.25) is 0 Å². The van der Waals surface area contributed by atoms with Crippen LogP contribution in [-0.4, -0.2) is 39.0 Å². The maximum atomic E-state index is 12.7. The van der Waals surface area contributed by atoms with E-state index in [1.807, 2.05) is 0 Å². The van der Waals surface area contributed by atoms with E-state index >= 15 is 0 Å². The molecule has 0 unspecified atom stereocenters. The second-order valence-corrected chi connectivity index (χ2v) is 8.23. The minimum Gasteiger partial charge on any atom is -0.487 e. The molecule has 2 aromatic rings. The number of morpholine rings is 1. The molecule has 134 valence electrons. The standard InChI is InChI=1S/C17H17Cl2NO4S/c18-15-5-2-6-16(17(15)19)24-12-13-3-1-4-14(11-13)25(21,22)20-7-9-23-10-8-20/h1-6,11H,7-10,12H2. The van der Waals surface area contributed by atoms with Crippen LogP contribution in [0.5, 0.6) is 5.75 Å². The number of hydrogen-bond acceptors (Lipinski definition) is 4. The maximum Gasteiger partial charge on any atom is 0.243 e. The Morgan fingerprint density at radius 2 is 1.80 bits per heavy atom. The molecule has 0 amide bonds. The van der Waals surface area contributed by atoms with Crippen LogP contribution in [0, 0.1) is 0 Å². The van der Waals surface area contributed by atoms with E-state index in [1.54, 1.807) is 42.5 Å². The number of hydrogen-bond donors (Lipinski definition) is 0. The lowest BCUT2D eigenvalue weighted by molar-refractivity contribution is 0.0730. The van der Waals surface area contributed by atoms with E-state index in [0.717, 1.165) is 5.56 Å². The van der Waals surface area contributed by atoms with E-state index in [0.29, 0.717) is 42.1 Å². The Kier molecular flexibility index (Phi) is 5.86. The summed E-state index contributed by atoms with van der Waals surface area (Å²) in [7, 11) is -3.53. The minimum atomic E-state index is -3.53. The topological polar surface area (TPSA) is 55.8 Å². The molecule has 0 bridgehead atoms.